The highest BCUT2D eigenvalue weighted by Crippen LogP contribution is 2.20. The van der Waals surface area contributed by atoms with E-state index in [1.807, 2.05) is 0 Å². The van der Waals surface area contributed by atoms with Crippen molar-refractivity contribution in [2.45, 2.75) is 40.2 Å². The van der Waals surface area contributed by atoms with Gasteiger partial charge in [0, 0.05) is 37.9 Å². The molecule has 1 radical (unpaired) electrons. The molecular weight excluding hydrogens is 232 g/mol. The number of anilines is 1. The number of hydrogen-bond acceptors (Lipinski definition) is 2. The fourth-order valence-electron chi connectivity index (χ4n) is 2.77. The topological polar surface area (TPSA) is 6.48 Å². The van der Waals surface area contributed by atoms with Crippen LogP contribution in [0.25, 0.3) is 0 Å². The molecule has 0 N–H and O–H groups in total. The Hall–Kier alpha value is -1.02. The molecule has 2 rings (SSSR count). The van der Waals surface area contributed by atoms with Crippen molar-refractivity contribution in [1.82, 2.24) is 4.90 Å². The van der Waals surface area contributed by atoms with Crippen LogP contribution in [0, 0.1) is 5.92 Å². The van der Waals surface area contributed by atoms with Crippen molar-refractivity contribution in [3.05, 3.63) is 35.7 Å². The Morgan fingerprint density at radius 3 is 2.37 bits per heavy atom. The predicted octanol–water partition coefficient (Wildman–Crippen LogP) is 3.37. The monoisotopic (exact) mass is 259 g/mol. The van der Waals surface area contributed by atoms with E-state index in [0.29, 0.717) is 6.04 Å². The summed E-state index contributed by atoms with van der Waals surface area (Å²) in [7, 11) is 0. The summed E-state index contributed by atoms with van der Waals surface area (Å²) < 4.78 is 0. The number of benzene rings is 1. The molecule has 0 atom stereocenters. The van der Waals surface area contributed by atoms with E-state index in [4.69, 9.17) is 0 Å². The Balaban J connectivity index is 1.99. The summed E-state index contributed by atoms with van der Waals surface area (Å²) in [6, 6.07) is 9.71. The second-order valence-electron chi connectivity index (χ2n) is 6.17. The van der Waals surface area contributed by atoms with Crippen LogP contribution in [-0.2, 0) is 6.42 Å². The lowest BCUT2D eigenvalue weighted by Crippen LogP contribution is -2.48. The van der Waals surface area contributed by atoms with Gasteiger partial charge in [-0.05, 0) is 43.9 Å². The summed E-state index contributed by atoms with van der Waals surface area (Å²) >= 11 is 0. The molecule has 0 unspecified atom stereocenters. The summed E-state index contributed by atoms with van der Waals surface area (Å²) in [5.41, 5.74) is 2.82. The molecule has 19 heavy (non-hydrogen) atoms. The van der Waals surface area contributed by atoms with Crippen molar-refractivity contribution in [2.75, 3.05) is 31.1 Å². The van der Waals surface area contributed by atoms with E-state index in [9.17, 15) is 0 Å². The average molecular weight is 259 g/mol. The standard InChI is InChI=1S/C17H27N2/c1-14(2)12-16-6-5-7-17(13-16)19-10-8-18(9-11-19)15(3)4/h5-7,13,15H,8-12H2,1-4H3. The molecule has 1 saturated heterocycles. The smallest absolute Gasteiger partial charge is 0.0369 e. The Morgan fingerprint density at radius 1 is 1.11 bits per heavy atom. The maximum atomic E-state index is 2.56. The highest BCUT2D eigenvalue weighted by molar-refractivity contribution is 5.49. The van der Waals surface area contributed by atoms with Crippen LogP contribution in [0.5, 0.6) is 0 Å². The van der Waals surface area contributed by atoms with Crippen molar-refractivity contribution in [1.29, 1.82) is 0 Å². The van der Waals surface area contributed by atoms with E-state index >= 15 is 0 Å². The molecule has 0 bridgehead atoms. The minimum Gasteiger partial charge on any atom is -0.369 e. The van der Waals surface area contributed by atoms with Crippen molar-refractivity contribution >= 4 is 5.69 Å². The highest BCUT2D eigenvalue weighted by atomic mass is 15.3. The van der Waals surface area contributed by atoms with Crippen molar-refractivity contribution in [3.8, 4) is 0 Å². The maximum Gasteiger partial charge on any atom is 0.0369 e. The van der Waals surface area contributed by atoms with Gasteiger partial charge in [-0.1, -0.05) is 26.0 Å². The van der Waals surface area contributed by atoms with Gasteiger partial charge in [0.25, 0.3) is 0 Å². The molecule has 1 aliphatic heterocycles. The molecule has 0 aromatic heterocycles. The van der Waals surface area contributed by atoms with Crippen LogP contribution in [0.2, 0.25) is 0 Å². The molecule has 1 fully saturated rings. The van der Waals surface area contributed by atoms with Gasteiger partial charge in [-0.25, -0.2) is 0 Å². The summed E-state index contributed by atoms with van der Waals surface area (Å²) in [6.45, 7) is 13.6. The summed E-state index contributed by atoms with van der Waals surface area (Å²) in [6.07, 6.45) is 1.10. The Morgan fingerprint density at radius 2 is 1.79 bits per heavy atom. The van der Waals surface area contributed by atoms with Gasteiger partial charge < -0.3 is 4.90 Å². The third kappa shape index (κ3) is 3.97. The van der Waals surface area contributed by atoms with Crippen LogP contribution < -0.4 is 4.90 Å². The first-order valence-electron chi connectivity index (χ1n) is 7.43. The van der Waals surface area contributed by atoms with Crippen LogP contribution in [0.3, 0.4) is 0 Å². The molecule has 0 aliphatic carbocycles. The van der Waals surface area contributed by atoms with E-state index in [-0.39, 0.29) is 0 Å². The first kappa shape index (κ1) is 14.4. The van der Waals surface area contributed by atoms with Gasteiger partial charge in [-0.3, -0.25) is 4.90 Å². The molecule has 2 heteroatoms. The van der Waals surface area contributed by atoms with Crippen molar-refractivity contribution in [2.24, 2.45) is 0 Å². The lowest BCUT2D eigenvalue weighted by atomic mass is 10.0. The molecule has 1 aliphatic rings. The second kappa shape index (κ2) is 6.42. The van der Waals surface area contributed by atoms with E-state index in [1.54, 1.807) is 0 Å². The van der Waals surface area contributed by atoms with Gasteiger partial charge in [-0.15, -0.1) is 0 Å². The zero-order chi connectivity index (χ0) is 13.8. The quantitative estimate of drug-likeness (QED) is 0.818. The molecule has 105 valence electrons. The maximum absolute atomic E-state index is 2.56. The normalized spacial score (nSPS) is 17.5. The van der Waals surface area contributed by atoms with Gasteiger partial charge in [0.15, 0.2) is 0 Å². The van der Waals surface area contributed by atoms with Crippen LogP contribution >= 0.6 is 0 Å². The average Bonchev–Trinajstić information content (AvgIpc) is 2.38. The number of rotatable bonds is 4. The molecule has 0 spiro atoms. The lowest BCUT2D eigenvalue weighted by molar-refractivity contribution is 0.209. The molecule has 0 amide bonds. The van der Waals surface area contributed by atoms with Gasteiger partial charge in [0.1, 0.15) is 0 Å². The van der Waals surface area contributed by atoms with Crippen LogP contribution in [0.4, 0.5) is 5.69 Å². The Kier molecular flexibility index (Phi) is 4.87. The molecular formula is C17H27N2. The van der Waals surface area contributed by atoms with E-state index in [2.05, 4.69) is 61.8 Å². The van der Waals surface area contributed by atoms with Crippen molar-refractivity contribution in [3.63, 3.8) is 0 Å². The van der Waals surface area contributed by atoms with Gasteiger partial charge in [-0.2, -0.15) is 0 Å². The third-order valence-electron chi connectivity index (χ3n) is 3.88. The fraction of sp³-hybridized carbons (Fsp3) is 0.588. The number of nitrogens with zero attached hydrogens (tertiary/aromatic N) is 2. The largest absolute Gasteiger partial charge is 0.369 e. The van der Waals surface area contributed by atoms with Crippen LogP contribution in [0.1, 0.15) is 33.3 Å². The second-order valence-corrected chi connectivity index (χ2v) is 6.17. The number of piperazine rings is 1. The van der Waals surface area contributed by atoms with E-state index < -0.39 is 0 Å². The van der Waals surface area contributed by atoms with Crippen LogP contribution in [-0.4, -0.2) is 37.1 Å². The predicted molar refractivity (Wildman–Crippen MR) is 83.7 cm³/mol. The Labute approximate surface area is 118 Å². The molecule has 0 saturated carbocycles. The first-order valence-corrected chi connectivity index (χ1v) is 7.43. The fourth-order valence-corrected chi connectivity index (χ4v) is 2.77. The molecule has 1 aromatic rings. The Bertz CT molecular complexity index is 390. The van der Waals surface area contributed by atoms with Gasteiger partial charge >= 0.3 is 0 Å². The summed E-state index contributed by atoms with van der Waals surface area (Å²) in [5.74, 6) is 1.47. The number of hydrogen-bond donors (Lipinski definition) is 0. The zero-order valence-corrected chi connectivity index (χ0v) is 12.8. The highest BCUT2D eigenvalue weighted by Gasteiger charge is 2.18. The molecule has 1 aromatic carbocycles. The summed E-state index contributed by atoms with van der Waals surface area (Å²) in [4.78, 5) is 5.08. The van der Waals surface area contributed by atoms with Gasteiger partial charge in [0.2, 0.25) is 0 Å². The minimum absolute atomic E-state index is 0.672. The lowest BCUT2D eigenvalue weighted by Gasteiger charge is -2.38. The van der Waals surface area contributed by atoms with Gasteiger partial charge in [0.05, 0.1) is 0 Å². The zero-order valence-electron chi connectivity index (χ0n) is 12.8. The molecule has 1 heterocycles. The van der Waals surface area contributed by atoms with E-state index in [1.165, 1.54) is 30.3 Å². The molecule has 2 nitrogen and oxygen atoms in total. The first-order chi connectivity index (χ1) is 9.06. The minimum atomic E-state index is 0.672. The van der Waals surface area contributed by atoms with E-state index in [0.717, 1.165) is 19.5 Å². The van der Waals surface area contributed by atoms with Crippen molar-refractivity contribution < 1.29 is 0 Å². The van der Waals surface area contributed by atoms with Crippen LogP contribution in [0.15, 0.2) is 24.3 Å². The summed E-state index contributed by atoms with van der Waals surface area (Å²) in [5, 5.41) is 0. The SMILES string of the molecule is C[C](C)Cc1cccc(N2CCN(C(C)C)CC2)c1. The third-order valence-corrected chi connectivity index (χ3v) is 3.88.